The molecule has 2 N–H and O–H groups in total. The van der Waals surface area contributed by atoms with Crippen LogP contribution in [0.1, 0.15) is 46.1 Å². The molecule has 3 heterocycles. The van der Waals surface area contributed by atoms with E-state index in [0.29, 0.717) is 5.92 Å². The van der Waals surface area contributed by atoms with Gasteiger partial charge in [-0.1, -0.05) is 30.3 Å². The Labute approximate surface area is 147 Å². The Morgan fingerprint density at radius 3 is 2.68 bits per heavy atom. The van der Waals surface area contributed by atoms with E-state index in [2.05, 4.69) is 27.1 Å². The van der Waals surface area contributed by atoms with Crippen molar-refractivity contribution in [2.24, 2.45) is 0 Å². The Kier molecular flexibility index (Phi) is 4.37. The van der Waals surface area contributed by atoms with Crippen LogP contribution in [0.5, 0.6) is 0 Å². The zero-order valence-electron chi connectivity index (χ0n) is 14.1. The average molecular weight is 334 g/mol. The third-order valence-electron chi connectivity index (χ3n) is 4.99. The number of aromatic nitrogens is 3. The highest BCUT2D eigenvalue weighted by Crippen LogP contribution is 2.27. The van der Waals surface area contributed by atoms with Gasteiger partial charge in [0, 0.05) is 43.8 Å². The van der Waals surface area contributed by atoms with Crippen molar-refractivity contribution in [3.05, 3.63) is 77.6 Å². The fraction of sp³-hybridized carbons (Fsp3) is 0.300. The van der Waals surface area contributed by atoms with Crippen LogP contribution in [0.2, 0.25) is 0 Å². The number of nitrogens with one attached hydrogen (secondary N) is 2. The molecule has 1 amide bonds. The lowest BCUT2D eigenvalue weighted by Gasteiger charge is -2.31. The van der Waals surface area contributed by atoms with Crippen LogP contribution in [0.4, 0.5) is 0 Å². The van der Waals surface area contributed by atoms with Gasteiger partial charge in [0.2, 0.25) is 0 Å². The Hall–Kier alpha value is -2.82. The molecule has 0 saturated carbocycles. The van der Waals surface area contributed by atoms with E-state index in [1.165, 1.54) is 5.56 Å². The third-order valence-corrected chi connectivity index (χ3v) is 4.99. The maximum atomic E-state index is 12.9. The van der Waals surface area contributed by atoms with Crippen molar-refractivity contribution in [1.29, 1.82) is 0 Å². The molecule has 0 bridgehead atoms. The van der Waals surface area contributed by atoms with Gasteiger partial charge in [0.15, 0.2) is 0 Å². The number of hydrogen-bond acceptors (Lipinski definition) is 2. The Morgan fingerprint density at radius 2 is 1.96 bits per heavy atom. The van der Waals surface area contributed by atoms with Gasteiger partial charge in [-0.25, -0.2) is 4.98 Å². The predicted octanol–water partition coefficient (Wildman–Crippen LogP) is 3.35. The summed E-state index contributed by atoms with van der Waals surface area (Å²) in [6.07, 6.45) is 10.1. The Bertz CT molecular complexity index is 815. The molecule has 1 aliphatic heterocycles. The molecule has 1 fully saturated rings. The maximum Gasteiger partial charge on any atom is 0.255 e. The molecule has 5 nitrogen and oxygen atoms in total. The topological polar surface area (TPSA) is 64.8 Å². The van der Waals surface area contributed by atoms with Crippen LogP contribution in [0.15, 0.2) is 55.1 Å². The Balaban J connectivity index is 1.43. The highest BCUT2D eigenvalue weighted by Gasteiger charge is 2.27. The summed E-state index contributed by atoms with van der Waals surface area (Å²) in [4.78, 5) is 25.6. The average Bonchev–Trinajstić information content (AvgIpc) is 3.34. The molecule has 5 heteroatoms. The van der Waals surface area contributed by atoms with Crippen molar-refractivity contribution in [3.8, 4) is 0 Å². The fourth-order valence-corrected chi connectivity index (χ4v) is 3.58. The number of nitrogens with zero attached hydrogens (tertiary/aromatic N) is 2. The van der Waals surface area contributed by atoms with E-state index in [9.17, 15) is 4.79 Å². The molecule has 128 valence electrons. The number of aromatic amines is 2. The van der Waals surface area contributed by atoms with Crippen molar-refractivity contribution >= 4 is 5.91 Å². The standard InChI is InChI=1S/C20H22N4O/c25-20(24-10-6-16(7-11-24)19-22-8-9-23-19)18-14-21-13-17(18)12-15-4-2-1-3-5-15/h1-5,8-9,13-14,16,21H,6-7,10-12H2,(H,22,23). The highest BCUT2D eigenvalue weighted by molar-refractivity contribution is 5.95. The first-order valence-electron chi connectivity index (χ1n) is 8.79. The van der Waals surface area contributed by atoms with E-state index in [0.717, 1.165) is 49.3 Å². The second-order valence-corrected chi connectivity index (χ2v) is 6.60. The molecule has 2 aromatic heterocycles. The number of H-pyrrole nitrogens is 2. The molecule has 4 rings (SSSR count). The van der Waals surface area contributed by atoms with Gasteiger partial charge in [-0.2, -0.15) is 0 Å². The second kappa shape index (κ2) is 6.97. The number of hydrogen-bond donors (Lipinski definition) is 2. The summed E-state index contributed by atoms with van der Waals surface area (Å²) in [6, 6.07) is 10.3. The molecule has 25 heavy (non-hydrogen) atoms. The number of amides is 1. The van der Waals surface area contributed by atoms with E-state index < -0.39 is 0 Å². The van der Waals surface area contributed by atoms with Crippen LogP contribution < -0.4 is 0 Å². The first-order chi connectivity index (χ1) is 12.3. The maximum absolute atomic E-state index is 12.9. The van der Waals surface area contributed by atoms with Gasteiger partial charge in [0.05, 0.1) is 5.56 Å². The lowest BCUT2D eigenvalue weighted by molar-refractivity contribution is 0.0710. The Morgan fingerprint density at radius 1 is 1.16 bits per heavy atom. The van der Waals surface area contributed by atoms with E-state index in [1.807, 2.05) is 41.7 Å². The normalized spacial score (nSPS) is 15.4. The SMILES string of the molecule is O=C(c1c[nH]cc1Cc1ccccc1)N1CCC(c2ncc[nH]2)CC1. The first-order valence-corrected chi connectivity index (χ1v) is 8.79. The summed E-state index contributed by atoms with van der Waals surface area (Å²) in [6.45, 7) is 1.56. The summed E-state index contributed by atoms with van der Waals surface area (Å²) in [7, 11) is 0. The molecule has 1 aliphatic rings. The second-order valence-electron chi connectivity index (χ2n) is 6.60. The number of rotatable bonds is 4. The number of likely N-dealkylation sites (tertiary alicyclic amines) is 1. The molecule has 0 radical (unpaired) electrons. The van der Waals surface area contributed by atoms with Crippen LogP contribution in [0, 0.1) is 0 Å². The van der Waals surface area contributed by atoms with E-state index >= 15 is 0 Å². The van der Waals surface area contributed by atoms with Gasteiger partial charge in [0.1, 0.15) is 5.82 Å². The highest BCUT2D eigenvalue weighted by atomic mass is 16.2. The molecular weight excluding hydrogens is 312 g/mol. The van der Waals surface area contributed by atoms with Crippen molar-refractivity contribution in [2.75, 3.05) is 13.1 Å². The van der Waals surface area contributed by atoms with Gasteiger partial charge >= 0.3 is 0 Å². The zero-order chi connectivity index (χ0) is 17.1. The molecule has 1 saturated heterocycles. The fourth-order valence-electron chi connectivity index (χ4n) is 3.58. The minimum Gasteiger partial charge on any atom is -0.367 e. The van der Waals surface area contributed by atoms with Gasteiger partial charge in [0.25, 0.3) is 5.91 Å². The van der Waals surface area contributed by atoms with Crippen molar-refractivity contribution in [3.63, 3.8) is 0 Å². The summed E-state index contributed by atoms with van der Waals surface area (Å²) in [5.41, 5.74) is 3.07. The monoisotopic (exact) mass is 334 g/mol. The zero-order valence-corrected chi connectivity index (χ0v) is 14.1. The lowest BCUT2D eigenvalue weighted by Crippen LogP contribution is -2.38. The number of imidazole rings is 1. The van der Waals surface area contributed by atoms with Crippen LogP contribution in [0.25, 0.3) is 0 Å². The van der Waals surface area contributed by atoms with E-state index in [4.69, 9.17) is 0 Å². The lowest BCUT2D eigenvalue weighted by atomic mass is 9.95. The van der Waals surface area contributed by atoms with E-state index in [-0.39, 0.29) is 5.91 Å². The summed E-state index contributed by atoms with van der Waals surface area (Å²) in [5.74, 6) is 1.60. The third kappa shape index (κ3) is 3.36. The summed E-state index contributed by atoms with van der Waals surface area (Å²) in [5, 5.41) is 0. The molecule has 0 aliphatic carbocycles. The van der Waals surface area contributed by atoms with E-state index in [1.54, 1.807) is 6.20 Å². The predicted molar refractivity (Wildman–Crippen MR) is 96.5 cm³/mol. The minimum absolute atomic E-state index is 0.130. The van der Waals surface area contributed by atoms with Gasteiger partial charge < -0.3 is 14.9 Å². The van der Waals surface area contributed by atoms with Crippen LogP contribution >= 0.6 is 0 Å². The number of carbonyl (C=O) groups is 1. The van der Waals surface area contributed by atoms with Crippen molar-refractivity contribution in [1.82, 2.24) is 19.9 Å². The molecule has 0 spiro atoms. The molecule has 0 atom stereocenters. The van der Waals surface area contributed by atoms with Crippen LogP contribution in [-0.2, 0) is 6.42 Å². The van der Waals surface area contributed by atoms with Crippen LogP contribution in [0.3, 0.4) is 0 Å². The quantitative estimate of drug-likeness (QED) is 0.768. The molecule has 3 aromatic rings. The van der Waals surface area contributed by atoms with Crippen LogP contribution in [-0.4, -0.2) is 38.8 Å². The number of piperidine rings is 1. The van der Waals surface area contributed by atoms with Gasteiger partial charge in [-0.15, -0.1) is 0 Å². The first kappa shape index (κ1) is 15.7. The largest absolute Gasteiger partial charge is 0.367 e. The number of benzene rings is 1. The van der Waals surface area contributed by atoms with Gasteiger partial charge in [-0.05, 0) is 30.4 Å². The van der Waals surface area contributed by atoms with Gasteiger partial charge in [-0.3, -0.25) is 4.79 Å². The molecule has 1 aromatic carbocycles. The van der Waals surface area contributed by atoms with Crippen molar-refractivity contribution in [2.45, 2.75) is 25.2 Å². The smallest absolute Gasteiger partial charge is 0.255 e. The number of carbonyl (C=O) groups excluding carboxylic acids is 1. The van der Waals surface area contributed by atoms with Crippen molar-refractivity contribution < 1.29 is 4.79 Å². The molecule has 0 unspecified atom stereocenters. The summed E-state index contributed by atoms with van der Waals surface area (Å²) < 4.78 is 0. The minimum atomic E-state index is 0.130. The molecular formula is C20H22N4O. The summed E-state index contributed by atoms with van der Waals surface area (Å²) >= 11 is 0.